The van der Waals surface area contributed by atoms with Crippen LogP contribution in [0.15, 0.2) is 48.5 Å². The Balaban J connectivity index is 1.72. The van der Waals surface area contributed by atoms with Crippen LogP contribution in [0.1, 0.15) is 16.8 Å². The van der Waals surface area contributed by atoms with Crippen molar-refractivity contribution in [2.45, 2.75) is 12.5 Å². The summed E-state index contributed by atoms with van der Waals surface area (Å²) in [5, 5.41) is 6.09. The van der Waals surface area contributed by atoms with E-state index >= 15 is 0 Å². The van der Waals surface area contributed by atoms with E-state index in [0.717, 1.165) is 13.0 Å². The molecule has 1 fully saturated rings. The monoisotopic (exact) mass is 411 g/mol. The average molecular weight is 412 g/mol. The molecular formula is C22H29N5O3. The molecule has 0 bridgehead atoms. The van der Waals surface area contributed by atoms with Gasteiger partial charge in [0, 0.05) is 24.3 Å². The number of nitrogens with two attached hydrogens (primary N) is 1. The van der Waals surface area contributed by atoms with Crippen molar-refractivity contribution in [3.63, 3.8) is 0 Å². The number of likely N-dealkylation sites (N-methyl/N-ethyl adjacent to an activating group) is 1. The molecule has 1 aliphatic rings. The van der Waals surface area contributed by atoms with E-state index in [1.807, 2.05) is 31.1 Å². The Morgan fingerprint density at radius 1 is 1.17 bits per heavy atom. The minimum atomic E-state index is -0.375. The van der Waals surface area contributed by atoms with Gasteiger partial charge < -0.3 is 26.0 Å². The van der Waals surface area contributed by atoms with Gasteiger partial charge in [-0.25, -0.2) is 4.79 Å². The lowest BCUT2D eigenvalue weighted by atomic mass is 10.1. The van der Waals surface area contributed by atoms with Gasteiger partial charge in [-0.05, 0) is 63.5 Å². The average Bonchev–Trinajstić information content (AvgIpc) is 3.24. The first-order chi connectivity index (χ1) is 14.5. The van der Waals surface area contributed by atoms with Crippen LogP contribution >= 0.6 is 0 Å². The Morgan fingerprint density at radius 3 is 2.53 bits per heavy atom. The molecule has 2 amide bonds. The highest BCUT2D eigenvalue weighted by atomic mass is 16.6. The van der Waals surface area contributed by atoms with E-state index < -0.39 is 0 Å². The van der Waals surface area contributed by atoms with Crippen molar-refractivity contribution in [1.29, 1.82) is 0 Å². The Kier molecular flexibility index (Phi) is 7.26. The van der Waals surface area contributed by atoms with E-state index in [0.29, 0.717) is 42.3 Å². The number of amides is 2. The first-order valence-corrected chi connectivity index (χ1v) is 10.0. The van der Waals surface area contributed by atoms with Gasteiger partial charge in [-0.15, -0.1) is 0 Å². The summed E-state index contributed by atoms with van der Waals surface area (Å²) in [5.41, 5.74) is 8.14. The lowest BCUT2D eigenvalue weighted by Gasteiger charge is -2.28. The summed E-state index contributed by atoms with van der Waals surface area (Å²) in [6, 6.07) is 14.1. The highest BCUT2D eigenvalue weighted by Crippen LogP contribution is 2.23. The molecule has 0 spiro atoms. The van der Waals surface area contributed by atoms with E-state index in [-0.39, 0.29) is 18.0 Å². The van der Waals surface area contributed by atoms with Crippen molar-refractivity contribution in [3.8, 4) is 0 Å². The maximum absolute atomic E-state index is 12.8. The Morgan fingerprint density at radius 2 is 1.90 bits per heavy atom. The first-order valence-electron chi connectivity index (χ1n) is 10.0. The van der Waals surface area contributed by atoms with Crippen LogP contribution in [0.25, 0.3) is 0 Å². The maximum Gasteiger partial charge on any atom is 0.414 e. The second-order valence-electron chi connectivity index (χ2n) is 7.52. The van der Waals surface area contributed by atoms with Gasteiger partial charge in [0.25, 0.3) is 5.91 Å². The van der Waals surface area contributed by atoms with E-state index in [2.05, 4.69) is 10.6 Å². The predicted molar refractivity (Wildman–Crippen MR) is 119 cm³/mol. The summed E-state index contributed by atoms with van der Waals surface area (Å²) < 4.78 is 5.48. The lowest BCUT2D eigenvalue weighted by Crippen LogP contribution is -2.42. The summed E-state index contributed by atoms with van der Waals surface area (Å²) >= 11 is 0. The summed E-state index contributed by atoms with van der Waals surface area (Å²) in [6.45, 7) is 2.54. The van der Waals surface area contributed by atoms with Gasteiger partial charge in [0.1, 0.15) is 6.61 Å². The largest absolute Gasteiger partial charge is 0.448 e. The smallest absolute Gasteiger partial charge is 0.414 e. The second-order valence-corrected chi connectivity index (χ2v) is 7.52. The number of para-hydroxylation sites is 2. The van der Waals surface area contributed by atoms with Crippen LogP contribution in [0.3, 0.4) is 0 Å². The third-order valence-electron chi connectivity index (χ3n) is 4.98. The summed E-state index contributed by atoms with van der Waals surface area (Å²) in [7, 11) is 3.86. The van der Waals surface area contributed by atoms with Crippen molar-refractivity contribution in [2.75, 3.05) is 56.3 Å². The number of rotatable bonds is 7. The van der Waals surface area contributed by atoms with Crippen LogP contribution in [0.2, 0.25) is 0 Å². The van der Waals surface area contributed by atoms with Crippen LogP contribution in [-0.4, -0.2) is 63.3 Å². The fraction of sp³-hybridized carbons (Fsp3) is 0.364. The number of nitrogens with one attached hydrogen (secondary N) is 2. The second kappa shape index (κ2) is 10.1. The molecule has 1 saturated heterocycles. The summed E-state index contributed by atoms with van der Waals surface area (Å²) in [4.78, 5) is 29.0. The van der Waals surface area contributed by atoms with Crippen molar-refractivity contribution in [3.05, 3.63) is 54.1 Å². The zero-order valence-electron chi connectivity index (χ0n) is 17.4. The van der Waals surface area contributed by atoms with Crippen LogP contribution in [0, 0.1) is 0 Å². The normalized spacial score (nSPS) is 15.8. The van der Waals surface area contributed by atoms with Crippen LogP contribution in [0.4, 0.5) is 21.9 Å². The fourth-order valence-electron chi connectivity index (χ4n) is 3.29. The number of carbonyl (C=O) groups is 2. The highest BCUT2D eigenvalue weighted by molar-refractivity contribution is 6.06. The molecule has 0 aliphatic carbocycles. The number of nitrogens with zero attached hydrogens (tertiary/aromatic N) is 2. The van der Waals surface area contributed by atoms with Crippen molar-refractivity contribution in [1.82, 2.24) is 10.2 Å². The first kappa shape index (κ1) is 21.6. The Labute approximate surface area is 177 Å². The topological polar surface area (TPSA) is 99.9 Å². The minimum absolute atomic E-state index is 0.0145. The Bertz CT molecular complexity index is 863. The van der Waals surface area contributed by atoms with Crippen molar-refractivity contribution in [2.24, 2.45) is 0 Å². The molecule has 160 valence electrons. The number of hydrogen-bond donors (Lipinski definition) is 3. The summed E-state index contributed by atoms with van der Waals surface area (Å²) in [5.74, 6) is -0.262. The Hall–Kier alpha value is -3.10. The SMILES string of the molecule is CN(C)CCOC(=O)N(c1ccc(C(=O)Nc2ccccc2N)cc1)C1CCNC1. The van der Waals surface area contributed by atoms with Crippen LogP contribution < -0.4 is 21.3 Å². The standard InChI is InChI=1S/C22H29N5O3/c1-26(2)13-14-30-22(29)27(18-11-12-24-15-18)17-9-7-16(8-10-17)21(28)25-20-6-4-3-5-19(20)23/h3-10,18,24H,11-15,23H2,1-2H3,(H,25,28). The molecule has 8 nitrogen and oxygen atoms in total. The van der Waals surface area contributed by atoms with Gasteiger partial charge in [-0.3, -0.25) is 9.69 Å². The van der Waals surface area contributed by atoms with Gasteiger partial charge >= 0.3 is 6.09 Å². The predicted octanol–water partition coefficient (Wildman–Crippen LogP) is 2.39. The molecule has 1 atom stereocenters. The van der Waals surface area contributed by atoms with Crippen molar-refractivity contribution < 1.29 is 14.3 Å². The number of hydrogen-bond acceptors (Lipinski definition) is 6. The molecule has 3 rings (SSSR count). The minimum Gasteiger partial charge on any atom is -0.448 e. The molecule has 2 aromatic rings. The number of anilines is 3. The zero-order chi connectivity index (χ0) is 21.5. The van der Waals surface area contributed by atoms with Crippen LogP contribution in [-0.2, 0) is 4.74 Å². The number of carbonyl (C=O) groups excluding carboxylic acids is 2. The molecule has 1 aliphatic heterocycles. The maximum atomic E-state index is 12.8. The van der Waals surface area contributed by atoms with Gasteiger partial charge in [-0.1, -0.05) is 12.1 Å². The molecular weight excluding hydrogens is 382 g/mol. The molecule has 0 aromatic heterocycles. The quantitative estimate of drug-likeness (QED) is 0.605. The van der Waals surface area contributed by atoms with E-state index in [1.54, 1.807) is 41.3 Å². The number of ether oxygens (including phenoxy) is 1. The van der Waals surface area contributed by atoms with Gasteiger partial charge in [0.15, 0.2) is 0 Å². The zero-order valence-corrected chi connectivity index (χ0v) is 17.4. The molecule has 4 N–H and O–H groups in total. The van der Waals surface area contributed by atoms with E-state index in [4.69, 9.17) is 10.5 Å². The number of benzene rings is 2. The van der Waals surface area contributed by atoms with E-state index in [9.17, 15) is 9.59 Å². The molecule has 0 saturated carbocycles. The van der Waals surface area contributed by atoms with Crippen LogP contribution in [0.5, 0.6) is 0 Å². The highest BCUT2D eigenvalue weighted by Gasteiger charge is 2.29. The molecule has 1 unspecified atom stereocenters. The molecule has 30 heavy (non-hydrogen) atoms. The van der Waals surface area contributed by atoms with Gasteiger partial charge in [0.05, 0.1) is 17.4 Å². The third-order valence-corrected chi connectivity index (χ3v) is 4.98. The summed E-state index contributed by atoms with van der Waals surface area (Å²) in [6.07, 6.45) is 0.470. The third kappa shape index (κ3) is 5.49. The molecule has 8 heteroatoms. The lowest BCUT2D eigenvalue weighted by molar-refractivity contribution is 0.102. The number of nitrogen functional groups attached to an aromatic ring is 1. The molecule has 0 radical (unpaired) electrons. The van der Waals surface area contributed by atoms with Gasteiger partial charge in [-0.2, -0.15) is 0 Å². The van der Waals surface area contributed by atoms with Crippen molar-refractivity contribution >= 4 is 29.1 Å². The molecule has 2 aromatic carbocycles. The molecule has 1 heterocycles. The van der Waals surface area contributed by atoms with E-state index in [1.165, 1.54) is 0 Å². The van der Waals surface area contributed by atoms with Gasteiger partial charge in [0.2, 0.25) is 0 Å². The fourth-order valence-corrected chi connectivity index (χ4v) is 3.29.